The Kier molecular flexibility index (Phi) is 6.52. The summed E-state index contributed by atoms with van der Waals surface area (Å²) in [5, 5.41) is 0. The van der Waals surface area contributed by atoms with Crippen LogP contribution in [0.3, 0.4) is 0 Å². The van der Waals surface area contributed by atoms with Gasteiger partial charge in [-0.1, -0.05) is 18.2 Å². The topological polar surface area (TPSA) is 66.5 Å². The van der Waals surface area contributed by atoms with Crippen LogP contribution in [0.5, 0.6) is 0 Å². The average Bonchev–Trinajstić information content (AvgIpc) is 2.73. The van der Waals surface area contributed by atoms with Crippen molar-refractivity contribution in [1.29, 1.82) is 0 Å². The summed E-state index contributed by atoms with van der Waals surface area (Å²) < 4.78 is 25.6. The van der Waals surface area contributed by atoms with E-state index in [4.69, 9.17) is 0 Å². The molecule has 3 rings (SSSR count). The summed E-state index contributed by atoms with van der Waals surface area (Å²) in [4.78, 5) is 14.8. The van der Waals surface area contributed by atoms with Gasteiger partial charge >= 0.3 is 0 Å². The molecule has 2 aromatic carbocycles. The van der Waals surface area contributed by atoms with Gasteiger partial charge in [0.25, 0.3) is 0 Å². The molecule has 1 fully saturated rings. The number of piperidine rings is 1. The Morgan fingerprint density at radius 1 is 1.00 bits per heavy atom. The van der Waals surface area contributed by atoms with Crippen LogP contribution < -0.4 is 9.62 Å². The van der Waals surface area contributed by atoms with Crippen LogP contribution >= 0.6 is 0 Å². The second-order valence-electron chi connectivity index (χ2n) is 6.92. The number of rotatable bonds is 7. The second kappa shape index (κ2) is 9.06. The molecule has 0 bridgehead atoms. The number of allylic oxidation sites excluding steroid dienone is 1. The highest BCUT2D eigenvalue weighted by Crippen LogP contribution is 2.21. The maximum absolute atomic E-state index is 12.4. The molecule has 1 heterocycles. The molecule has 1 aliphatic rings. The van der Waals surface area contributed by atoms with Gasteiger partial charge < -0.3 is 4.90 Å². The minimum atomic E-state index is -3.32. The molecule has 6 heteroatoms. The van der Waals surface area contributed by atoms with Crippen LogP contribution in [0, 0.1) is 0 Å². The van der Waals surface area contributed by atoms with E-state index in [2.05, 4.69) is 21.8 Å². The molecule has 5 nitrogen and oxygen atoms in total. The number of nitrogens with zero attached hydrogens (tertiary/aromatic N) is 1. The van der Waals surface area contributed by atoms with Crippen LogP contribution in [0.25, 0.3) is 6.08 Å². The molecule has 1 N–H and O–H groups in total. The minimum Gasteiger partial charge on any atom is -0.372 e. The average molecular weight is 399 g/mol. The van der Waals surface area contributed by atoms with Crippen LogP contribution in [0.15, 0.2) is 54.6 Å². The van der Waals surface area contributed by atoms with Crippen molar-refractivity contribution in [3.63, 3.8) is 0 Å². The number of carbonyl (C=O) groups excluding carboxylic acids is 1. The number of benzene rings is 2. The van der Waals surface area contributed by atoms with E-state index in [1.807, 2.05) is 12.1 Å². The molecule has 0 atom stereocenters. The van der Waals surface area contributed by atoms with Gasteiger partial charge in [0, 0.05) is 30.0 Å². The normalized spacial score (nSPS) is 15.0. The zero-order chi connectivity index (χ0) is 20.0. The van der Waals surface area contributed by atoms with Crippen LogP contribution in [-0.4, -0.2) is 33.0 Å². The maximum atomic E-state index is 12.4. The highest BCUT2D eigenvalue weighted by molar-refractivity contribution is 7.92. The van der Waals surface area contributed by atoms with E-state index in [0.717, 1.165) is 18.7 Å². The Bertz CT molecular complexity index is 927. The monoisotopic (exact) mass is 398 g/mol. The van der Waals surface area contributed by atoms with E-state index in [1.54, 1.807) is 43.3 Å². The van der Waals surface area contributed by atoms with Crippen molar-refractivity contribution in [3.05, 3.63) is 65.7 Å². The Morgan fingerprint density at radius 3 is 2.25 bits per heavy atom. The van der Waals surface area contributed by atoms with Crippen LogP contribution in [0.2, 0.25) is 0 Å². The first kappa shape index (κ1) is 20.1. The third-order valence-corrected chi connectivity index (χ3v) is 6.17. The van der Waals surface area contributed by atoms with Gasteiger partial charge in [-0.05, 0) is 74.2 Å². The summed E-state index contributed by atoms with van der Waals surface area (Å²) in [6, 6.07) is 14.7. The molecule has 28 heavy (non-hydrogen) atoms. The summed E-state index contributed by atoms with van der Waals surface area (Å²) >= 11 is 0. The molecule has 0 aliphatic carbocycles. The molecule has 0 radical (unpaired) electrons. The summed E-state index contributed by atoms with van der Waals surface area (Å²) in [5.41, 5.74) is 3.17. The molecule has 1 saturated heterocycles. The Hall–Kier alpha value is -2.60. The van der Waals surface area contributed by atoms with E-state index < -0.39 is 10.0 Å². The van der Waals surface area contributed by atoms with Gasteiger partial charge in [-0.25, -0.2) is 8.42 Å². The number of hydrogen-bond acceptors (Lipinski definition) is 4. The van der Waals surface area contributed by atoms with Crippen molar-refractivity contribution in [3.8, 4) is 0 Å². The lowest BCUT2D eigenvalue weighted by molar-refractivity contribution is 0.104. The fraction of sp³-hybridized carbons (Fsp3) is 0.318. The molecular formula is C22H26N2O3S. The Balaban J connectivity index is 1.61. The summed E-state index contributed by atoms with van der Waals surface area (Å²) in [7, 11) is -3.32. The highest BCUT2D eigenvalue weighted by atomic mass is 32.2. The van der Waals surface area contributed by atoms with Crippen molar-refractivity contribution in [2.24, 2.45) is 0 Å². The van der Waals surface area contributed by atoms with E-state index in [0.29, 0.717) is 11.3 Å². The van der Waals surface area contributed by atoms with Gasteiger partial charge in [-0.15, -0.1) is 0 Å². The summed E-state index contributed by atoms with van der Waals surface area (Å²) in [6.45, 7) is 3.79. The first-order valence-corrected chi connectivity index (χ1v) is 11.3. The molecule has 0 spiro atoms. The zero-order valence-corrected chi connectivity index (χ0v) is 16.9. The van der Waals surface area contributed by atoms with Gasteiger partial charge in [0.1, 0.15) is 0 Å². The SMILES string of the molecule is CCS(=O)(=O)Nc1ccc(C(=O)C=Cc2ccc(N3CCCCC3)cc2)cc1. The molecular weight excluding hydrogens is 372 g/mol. The van der Waals surface area contributed by atoms with Gasteiger partial charge in [0.2, 0.25) is 10.0 Å². The lowest BCUT2D eigenvalue weighted by Gasteiger charge is -2.28. The molecule has 0 saturated carbocycles. The van der Waals surface area contributed by atoms with Gasteiger partial charge in [-0.3, -0.25) is 9.52 Å². The van der Waals surface area contributed by atoms with Gasteiger partial charge in [0.05, 0.1) is 5.75 Å². The lowest BCUT2D eigenvalue weighted by atomic mass is 10.1. The number of hydrogen-bond donors (Lipinski definition) is 1. The maximum Gasteiger partial charge on any atom is 0.232 e. The fourth-order valence-electron chi connectivity index (χ4n) is 3.17. The quantitative estimate of drug-likeness (QED) is 0.557. The smallest absolute Gasteiger partial charge is 0.232 e. The standard InChI is InChI=1S/C22H26N2O3S/c1-2-28(26,27)23-20-11-9-19(10-12-20)22(25)15-8-18-6-13-21(14-7-18)24-16-4-3-5-17-24/h6-15,23H,2-5,16-17H2,1H3. The van der Waals surface area contributed by atoms with E-state index in [-0.39, 0.29) is 11.5 Å². The molecule has 0 aromatic heterocycles. The van der Waals surface area contributed by atoms with Gasteiger partial charge in [0.15, 0.2) is 5.78 Å². The molecule has 1 aliphatic heterocycles. The second-order valence-corrected chi connectivity index (χ2v) is 8.93. The van der Waals surface area contributed by atoms with Crippen LogP contribution in [0.4, 0.5) is 11.4 Å². The minimum absolute atomic E-state index is 0.00691. The van der Waals surface area contributed by atoms with E-state index in [9.17, 15) is 13.2 Å². The predicted octanol–water partition coefficient (Wildman–Crippen LogP) is 4.33. The van der Waals surface area contributed by atoms with E-state index >= 15 is 0 Å². The number of carbonyl (C=O) groups is 1. The van der Waals surface area contributed by atoms with Crippen molar-refractivity contribution in [2.45, 2.75) is 26.2 Å². The first-order chi connectivity index (χ1) is 13.5. The Morgan fingerprint density at radius 2 is 1.64 bits per heavy atom. The lowest BCUT2D eigenvalue weighted by Crippen LogP contribution is -2.29. The third kappa shape index (κ3) is 5.45. The largest absolute Gasteiger partial charge is 0.372 e. The molecule has 0 amide bonds. The fourth-order valence-corrected chi connectivity index (χ4v) is 3.81. The van der Waals surface area contributed by atoms with Crippen LogP contribution in [0.1, 0.15) is 42.1 Å². The first-order valence-electron chi connectivity index (χ1n) is 9.65. The molecule has 2 aromatic rings. The summed E-state index contributed by atoms with van der Waals surface area (Å²) in [5.74, 6) is -0.113. The summed E-state index contributed by atoms with van der Waals surface area (Å²) in [6.07, 6.45) is 7.14. The zero-order valence-electron chi connectivity index (χ0n) is 16.1. The van der Waals surface area contributed by atoms with Crippen molar-refractivity contribution in [2.75, 3.05) is 28.5 Å². The number of ketones is 1. The molecule has 0 unspecified atom stereocenters. The number of nitrogens with one attached hydrogen (secondary N) is 1. The molecule has 148 valence electrons. The predicted molar refractivity (Wildman–Crippen MR) is 115 cm³/mol. The highest BCUT2D eigenvalue weighted by Gasteiger charge is 2.10. The number of anilines is 2. The van der Waals surface area contributed by atoms with Gasteiger partial charge in [-0.2, -0.15) is 0 Å². The van der Waals surface area contributed by atoms with Crippen molar-refractivity contribution >= 4 is 33.3 Å². The van der Waals surface area contributed by atoms with Crippen LogP contribution in [-0.2, 0) is 10.0 Å². The van der Waals surface area contributed by atoms with Crippen molar-refractivity contribution in [1.82, 2.24) is 0 Å². The third-order valence-electron chi connectivity index (χ3n) is 4.86. The van der Waals surface area contributed by atoms with E-state index in [1.165, 1.54) is 24.9 Å². The Labute approximate surface area is 167 Å². The van der Waals surface area contributed by atoms with Crippen molar-refractivity contribution < 1.29 is 13.2 Å². The number of sulfonamides is 1.